The lowest BCUT2D eigenvalue weighted by atomic mass is 9.93. The summed E-state index contributed by atoms with van der Waals surface area (Å²) in [5.41, 5.74) is 4.14. The molecular formula is C25H26O3. The van der Waals surface area contributed by atoms with E-state index >= 15 is 0 Å². The molecular weight excluding hydrogens is 348 g/mol. The van der Waals surface area contributed by atoms with Crippen LogP contribution in [0.1, 0.15) is 30.4 Å². The van der Waals surface area contributed by atoms with Gasteiger partial charge in [0.1, 0.15) is 5.75 Å². The number of aromatic hydroxyl groups is 1. The van der Waals surface area contributed by atoms with Crippen LogP contribution in [0.15, 0.2) is 78.9 Å². The van der Waals surface area contributed by atoms with Crippen molar-refractivity contribution < 1.29 is 15.0 Å². The quantitative estimate of drug-likeness (QED) is 0.504. The van der Waals surface area contributed by atoms with Gasteiger partial charge in [0.25, 0.3) is 0 Å². The van der Waals surface area contributed by atoms with Crippen molar-refractivity contribution in [3.8, 4) is 16.9 Å². The third-order valence-electron chi connectivity index (χ3n) is 5.16. The Morgan fingerprint density at radius 3 is 2.07 bits per heavy atom. The predicted molar refractivity (Wildman–Crippen MR) is 112 cm³/mol. The van der Waals surface area contributed by atoms with E-state index in [0.29, 0.717) is 12.8 Å². The molecule has 0 amide bonds. The lowest BCUT2D eigenvalue weighted by Gasteiger charge is -2.13. The van der Waals surface area contributed by atoms with Gasteiger partial charge in [0, 0.05) is 5.56 Å². The van der Waals surface area contributed by atoms with Crippen LogP contribution in [-0.4, -0.2) is 16.2 Å². The second-order valence-electron chi connectivity index (χ2n) is 7.17. The largest absolute Gasteiger partial charge is 0.507 e. The zero-order valence-corrected chi connectivity index (χ0v) is 15.9. The molecule has 144 valence electrons. The molecule has 1 unspecified atom stereocenters. The SMILES string of the molecule is O=C(O)C(CCCc1ccccc1)CCc1ccc(-c2ccccc2O)cc1. The van der Waals surface area contributed by atoms with Gasteiger partial charge < -0.3 is 10.2 Å². The first-order valence-corrected chi connectivity index (χ1v) is 9.77. The number of hydrogen-bond donors (Lipinski definition) is 2. The molecule has 1 atom stereocenters. The summed E-state index contributed by atoms with van der Waals surface area (Å²) in [6.07, 6.45) is 3.87. The minimum Gasteiger partial charge on any atom is -0.507 e. The first-order chi connectivity index (χ1) is 13.6. The van der Waals surface area contributed by atoms with Crippen LogP contribution in [0, 0.1) is 5.92 Å². The van der Waals surface area contributed by atoms with Crippen LogP contribution in [0.4, 0.5) is 0 Å². The van der Waals surface area contributed by atoms with Crippen molar-refractivity contribution in [2.45, 2.75) is 32.1 Å². The van der Waals surface area contributed by atoms with Crippen LogP contribution in [0.25, 0.3) is 11.1 Å². The molecule has 0 heterocycles. The van der Waals surface area contributed by atoms with Crippen molar-refractivity contribution >= 4 is 5.97 Å². The monoisotopic (exact) mass is 374 g/mol. The highest BCUT2D eigenvalue weighted by molar-refractivity contribution is 5.70. The summed E-state index contributed by atoms with van der Waals surface area (Å²) >= 11 is 0. The van der Waals surface area contributed by atoms with Gasteiger partial charge in [0.05, 0.1) is 5.92 Å². The number of para-hydroxylation sites is 1. The Kier molecular flexibility index (Phi) is 6.85. The van der Waals surface area contributed by atoms with Gasteiger partial charge in [-0.15, -0.1) is 0 Å². The fraction of sp³-hybridized carbons (Fsp3) is 0.240. The highest BCUT2D eigenvalue weighted by Crippen LogP contribution is 2.29. The van der Waals surface area contributed by atoms with Crippen LogP contribution < -0.4 is 0 Å². The second-order valence-corrected chi connectivity index (χ2v) is 7.17. The smallest absolute Gasteiger partial charge is 0.306 e. The van der Waals surface area contributed by atoms with Crippen molar-refractivity contribution in [2.75, 3.05) is 0 Å². The van der Waals surface area contributed by atoms with E-state index in [-0.39, 0.29) is 11.7 Å². The predicted octanol–water partition coefficient (Wildman–Crippen LogP) is 5.72. The van der Waals surface area contributed by atoms with Gasteiger partial charge in [0.2, 0.25) is 0 Å². The highest BCUT2D eigenvalue weighted by Gasteiger charge is 2.17. The molecule has 3 nitrogen and oxygen atoms in total. The number of aliphatic carboxylic acids is 1. The number of carbonyl (C=O) groups is 1. The molecule has 2 N–H and O–H groups in total. The highest BCUT2D eigenvalue weighted by atomic mass is 16.4. The normalized spacial score (nSPS) is 11.9. The molecule has 0 aliphatic carbocycles. The van der Waals surface area contributed by atoms with Crippen LogP contribution in [0.5, 0.6) is 5.75 Å². The van der Waals surface area contributed by atoms with E-state index in [1.54, 1.807) is 12.1 Å². The lowest BCUT2D eigenvalue weighted by Crippen LogP contribution is -2.15. The summed E-state index contributed by atoms with van der Waals surface area (Å²) < 4.78 is 0. The zero-order chi connectivity index (χ0) is 19.8. The Morgan fingerprint density at radius 2 is 1.39 bits per heavy atom. The molecule has 0 spiro atoms. The number of benzene rings is 3. The maximum absolute atomic E-state index is 11.6. The molecule has 3 rings (SSSR count). The summed E-state index contributed by atoms with van der Waals surface area (Å²) in [6.45, 7) is 0. The number of phenols is 1. The van der Waals surface area contributed by atoms with E-state index in [1.807, 2.05) is 54.6 Å². The molecule has 3 aromatic rings. The second kappa shape index (κ2) is 9.75. The topological polar surface area (TPSA) is 57.5 Å². The van der Waals surface area contributed by atoms with Crippen LogP contribution >= 0.6 is 0 Å². The van der Waals surface area contributed by atoms with Gasteiger partial charge in [-0.1, -0.05) is 72.8 Å². The van der Waals surface area contributed by atoms with E-state index < -0.39 is 5.97 Å². The van der Waals surface area contributed by atoms with Gasteiger partial charge in [0.15, 0.2) is 0 Å². The molecule has 0 saturated carbocycles. The Hall–Kier alpha value is -3.07. The third kappa shape index (κ3) is 5.46. The van der Waals surface area contributed by atoms with E-state index in [9.17, 15) is 15.0 Å². The molecule has 0 aliphatic rings. The molecule has 0 aromatic heterocycles. The summed E-state index contributed by atoms with van der Waals surface area (Å²) in [6, 6.07) is 25.5. The molecule has 28 heavy (non-hydrogen) atoms. The molecule has 3 heteroatoms. The number of carboxylic acid groups (broad SMARTS) is 1. The maximum atomic E-state index is 11.6. The van der Waals surface area contributed by atoms with E-state index in [2.05, 4.69) is 12.1 Å². The van der Waals surface area contributed by atoms with E-state index in [4.69, 9.17) is 0 Å². The fourth-order valence-electron chi connectivity index (χ4n) is 3.50. The number of rotatable bonds is 9. The average Bonchev–Trinajstić information content (AvgIpc) is 2.72. The summed E-state index contributed by atoms with van der Waals surface area (Å²) in [5.74, 6) is -0.764. The van der Waals surface area contributed by atoms with Crippen molar-refractivity contribution in [2.24, 2.45) is 5.92 Å². The van der Waals surface area contributed by atoms with Crippen LogP contribution in [0.2, 0.25) is 0 Å². The summed E-state index contributed by atoms with van der Waals surface area (Å²) in [4.78, 5) is 11.6. The van der Waals surface area contributed by atoms with Gasteiger partial charge >= 0.3 is 5.97 Å². The summed E-state index contributed by atoms with van der Waals surface area (Å²) in [5, 5.41) is 19.5. The first-order valence-electron chi connectivity index (χ1n) is 9.77. The number of phenolic OH excluding ortho intramolecular Hbond substituents is 1. The minimum absolute atomic E-state index is 0.264. The Morgan fingerprint density at radius 1 is 0.750 bits per heavy atom. The van der Waals surface area contributed by atoms with Crippen LogP contribution in [-0.2, 0) is 17.6 Å². The molecule has 0 fully saturated rings. The van der Waals surface area contributed by atoms with Gasteiger partial charge in [-0.3, -0.25) is 4.79 Å². The average molecular weight is 374 g/mol. The zero-order valence-electron chi connectivity index (χ0n) is 15.9. The van der Waals surface area contributed by atoms with Crippen molar-refractivity contribution in [3.05, 3.63) is 90.0 Å². The van der Waals surface area contributed by atoms with Crippen LogP contribution in [0.3, 0.4) is 0 Å². The van der Waals surface area contributed by atoms with E-state index in [0.717, 1.165) is 36.0 Å². The standard InChI is InChI=1S/C25H26O3/c26-24-12-5-4-11-23(24)21-16-13-20(14-17-21)15-18-22(25(27)28)10-6-9-19-7-2-1-3-8-19/h1-5,7-8,11-14,16-17,22,26H,6,9-10,15,18H2,(H,27,28). The summed E-state index contributed by atoms with van der Waals surface area (Å²) in [7, 11) is 0. The molecule has 0 bridgehead atoms. The maximum Gasteiger partial charge on any atom is 0.306 e. The first kappa shape index (κ1) is 19.7. The van der Waals surface area contributed by atoms with Gasteiger partial charge in [-0.2, -0.15) is 0 Å². The Labute approximate surface area is 166 Å². The van der Waals surface area contributed by atoms with Gasteiger partial charge in [-0.05, 0) is 54.9 Å². The molecule has 3 aromatic carbocycles. The van der Waals surface area contributed by atoms with E-state index in [1.165, 1.54) is 5.56 Å². The van der Waals surface area contributed by atoms with Gasteiger partial charge in [-0.25, -0.2) is 0 Å². The number of carboxylic acids is 1. The number of aryl methyl sites for hydroxylation is 2. The molecule has 0 saturated heterocycles. The lowest BCUT2D eigenvalue weighted by molar-refractivity contribution is -0.142. The number of hydrogen-bond acceptors (Lipinski definition) is 2. The van der Waals surface area contributed by atoms with Crippen molar-refractivity contribution in [1.82, 2.24) is 0 Å². The van der Waals surface area contributed by atoms with Crippen molar-refractivity contribution in [3.63, 3.8) is 0 Å². The molecule has 0 radical (unpaired) electrons. The minimum atomic E-state index is -0.709. The molecule has 0 aliphatic heterocycles. The fourth-order valence-corrected chi connectivity index (χ4v) is 3.50. The third-order valence-corrected chi connectivity index (χ3v) is 5.16. The van der Waals surface area contributed by atoms with Crippen molar-refractivity contribution in [1.29, 1.82) is 0 Å². The Balaban J connectivity index is 1.53. The Bertz CT molecular complexity index is 885.